The summed E-state index contributed by atoms with van der Waals surface area (Å²) in [6.45, 7) is 5.57. The molecule has 1 aliphatic rings. The van der Waals surface area contributed by atoms with Crippen LogP contribution in [0.5, 0.6) is 0 Å². The van der Waals surface area contributed by atoms with Crippen molar-refractivity contribution < 1.29 is 17.9 Å². The number of aromatic nitrogens is 1. The molecule has 3 rings (SSSR count). The number of anilines is 3. The van der Waals surface area contributed by atoms with Crippen molar-refractivity contribution in [1.82, 2.24) is 9.71 Å². The number of hydrogen-bond donors (Lipinski definition) is 3. The second-order valence-electron chi connectivity index (χ2n) is 6.91. The quantitative estimate of drug-likeness (QED) is 0.658. The third-order valence-electron chi connectivity index (χ3n) is 4.42. The van der Waals surface area contributed by atoms with Crippen LogP contribution in [0.4, 0.5) is 17.2 Å². The van der Waals surface area contributed by atoms with Gasteiger partial charge in [-0.1, -0.05) is 0 Å². The van der Waals surface area contributed by atoms with Gasteiger partial charge in [-0.15, -0.1) is 0 Å². The van der Waals surface area contributed by atoms with Gasteiger partial charge in [0.25, 0.3) is 16.1 Å². The molecule has 1 aromatic heterocycles. The second-order valence-corrected chi connectivity index (χ2v) is 8.53. The van der Waals surface area contributed by atoms with Crippen molar-refractivity contribution in [2.24, 2.45) is 0 Å². The smallest absolute Gasteiger partial charge is 0.298 e. The van der Waals surface area contributed by atoms with Crippen molar-refractivity contribution in [2.45, 2.75) is 26.1 Å². The molecule has 2 unspecified atom stereocenters. The lowest BCUT2D eigenvalue weighted by Gasteiger charge is -2.36. The van der Waals surface area contributed by atoms with Gasteiger partial charge in [0.05, 0.1) is 17.8 Å². The highest BCUT2D eigenvalue weighted by molar-refractivity contribution is 7.90. The average Bonchev–Trinajstić information content (AvgIpc) is 2.68. The molecule has 9 nitrogen and oxygen atoms in total. The molecule has 156 valence electrons. The van der Waals surface area contributed by atoms with Gasteiger partial charge in [-0.25, -0.2) is 9.71 Å². The molecule has 1 saturated heterocycles. The first-order chi connectivity index (χ1) is 13.8. The number of hydrogen-bond acceptors (Lipinski definition) is 6. The molecule has 1 aliphatic heterocycles. The topological polar surface area (TPSA) is 113 Å². The first-order valence-corrected chi connectivity index (χ1v) is 10.7. The summed E-state index contributed by atoms with van der Waals surface area (Å²) in [6, 6.07) is 9.92. The molecule has 1 fully saturated rings. The Morgan fingerprint density at radius 2 is 1.69 bits per heavy atom. The molecule has 2 atom stereocenters. The molecule has 10 heteroatoms. The molecule has 0 saturated carbocycles. The predicted molar refractivity (Wildman–Crippen MR) is 112 cm³/mol. The predicted octanol–water partition coefficient (Wildman–Crippen LogP) is 1.82. The Labute approximate surface area is 170 Å². The highest BCUT2D eigenvalue weighted by Crippen LogP contribution is 2.19. The molecule has 3 N–H and O–H groups in total. The van der Waals surface area contributed by atoms with E-state index in [0.717, 1.165) is 18.9 Å². The number of carbonyl (C=O) groups excluding carboxylic acids is 1. The summed E-state index contributed by atoms with van der Waals surface area (Å²) in [6.07, 6.45) is 1.80. The monoisotopic (exact) mass is 419 g/mol. The lowest BCUT2D eigenvalue weighted by Crippen LogP contribution is -2.45. The van der Waals surface area contributed by atoms with Crippen LogP contribution >= 0.6 is 0 Å². The highest BCUT2D eigenvalue weighted by Gasteiger charge is 2.23. The summed E-state index contributed by atoms with van der Waals surface area (Å²) in [5, 5.41) is 2.77. The lowest BCUT2D eigenvalue weighted by molar-refractivity contribution is -0.00546. The summed E-state index contributed by atoms with van der Waals surface area (Å²) in [5.74, 6) is 0.515. The van der Waals surface area contributed by atoms with E-state index in [1.807, 2.05) is 19.9 Å². The van der Waals surface area contributed by atoms with Crippen LogP contribution < -0.4 is 19.7 Å². The van der Waals surface area contributed by atoms with Crippen molar-refractivity contribution in [3.05, 3.63) is 48.2 Å². The maximum Gasteiger partial charge on any atom is 0.298 e. The number of nitrogens with one attached hydrogen (secondary N) is 3. The molecule has 0 spiro atoms. The van der Waals surface area contributed by atoms with Crippen LogP contribution in [-0.2, 0) is 14.9 Å². The zero-order valence-electron chi connectivity index (χ0n) is 16.5. The summed E-state index contributed by atoms with van der Waals surface area (Å²) in [5.41, 5.74) is 1.36. The molecule has 2 aromatic rings. The Balaban J connectivity index is 1.62. The van der Waals surface area contributed by atoms with Crippen LogP contribution in [0.3, 0.4) is 0 Å². The number of benzene rings is 1. The van der Waals surface area contributed by atoms with Crippen LogP contribution in [0, 0.1) is 0 Å². The molecular weight excluding hydrogens is 394 g/mol. The number of rotatable bonds is 6. The summed E-state index contributed by atoms with van der Waals surface area (Å²) >= 11 is 0. The Bertz CT molecular complexity index is 938. The van der Waals surface area contributed by atoms with Gasteiger partial charge in [-0.05, 0) is 50.2 Å². The fraction of sp³-hybridized carbons (Fsp3) is 0.368. The maximum absolute atomic E-state index is 12.5. The van der Waals surface area contributed by atoms with E-state index in [1.165, 1.54) is 7.05 Å². The second kappa shape index (κ2) is 8.76. The van der Waals surface area contributed by atoms with Gasteiger partial charge in [0.1, 0.15) is 5.82 Å². The van der Waals surface area contributed by atoms with Gasteiger partial charge in [-0.3, -0.25) is 9.52 Å². The van der Waals surface area contributed by atoms with Crippen LogP contribution in [0.25, 0.3) is 0 Å². The Morgan fingerprint density at radius 3 is 2.24 bits per heavy atom. The van der Waals surface area contributed by atoms with Crippen molar-refractivity contribution in [3.63, 3.8) is 0 Å². The largest absolute Gasteiger partial charge is 0.372 e. The van der Waals surface area contributed by atoms with E-state index in [1.54, 1.807) is 36.5 Å². The number of nitrogens with zero attached hydrogens (tertiary/aromatic N) is 2. The van der Waals surface area contributed by atoms with Crippen molar-refractivity contribution in [3.8, 4) is 0 Å². The number of ether oxygens (including phenoxy) is 1. The first kappa shape index (κ1) is 21.0. The molecule has 29 heavy (non-hydrogen) atoms. The zero-order chi connectivity index (χ0) is 21.0. The van der Waals surface area contributed by atoms with Gasteiger partial charge in [0.15, 0.2) is 0 Å². The minimum atomic E-state index is -3.58. The fourth-order valence-electron chi connectivity index (χ4n) is 3.10. The van der Waals surface area contributed by atoms with E-state index in [2.05, 4.69) is 24.6 Å². The summed E-state index contributed by atoms with van der Waals surface area (Å²) in [7, 11) is -2.26. The average molecular weight is 420 g/mol. The van der Waals surface area contributed by atoms with Crippen molar-refractivity contribution >= 4 is 33.3 Å². The molecule has 1 amide bonds. The number of amides is 1. The molecular formula is C19H25N5O4S. The van der Waals surface area contributed by atoms with Crippen LogP contribution in [0.1, 0.15) is 24.2 Å². The van der Waals surface area contributed by atoms with E-state index in [4.69, 9.17) is 4.74 Å². The van der Waals surface area contributed by atoms with E-state index in [9.17, 15) is 13.2 Å². The standard InChI is InChI=1S/C19H25N5O4S/c1-13-11-24(12-14(2)28-13)18-9-4-15(10-21-18)19(25)22-16-5-7-17(8-6-16)23-29(26,27)20-3/h4-10,13-14,20,23H,11-12H2,1-3H3,(H,22,25). The molecule has 0 bridgehead atoms. The van der Waals surface area contributed by atoms with Gasteiger partial charge >= 0.3 is 0 Å². The highest BCUT2D eigenvalue weighted by atomic mass is 32.2. The minimum Gasteiger partial charge on any atom is -0.372 e. The minimum absolute atomic E-state index is 0.129. The van der Waals surface area contributed by atoms with E-state index in [-0.39, 0.29) is 18.1 Å². The van der Waals surface area contributed by atoms with Gasteiger partial charge in [0.2, 0.25) is 0 Å². The first-order valence-electron chi connectivity index (χ1n) is 9.25. The third-order valence-corrected chi connectivity index (χ3v) is 5.46. The fourth-order valence-corrected chi connectivity index (χ4v) is 3.65. The SMILES string of the molecule is CNS(=O)(=O)Nc1ccc(NC(=O)c2ccc(N3CC(C)OC(C)C3)nc2)cc1. The lowest BCUT2D eigenvalue weighted by atomic mass is 10.2. The maximum atomic E-state index is 12.5. The van der Waals surface area contributed by atoms with Crippen molar-refractivity contribution in [2.75, 3.05) is 35.1 Å². The number of carbonyl (C=O) groups is 1. The summed E-state index contributed by atoms with van der Waals surface area (Å²) in [4.78, 5) is 19.0. The van der Waals surface area contributed by atoms with E-state index >= 15 is 0 Å². The molecule has 0 aliphatic carbocycles. The Hall–Kier alpha value is -2.69. The van der Waals surface area contributed by atoms with Crippen molar-refractivity contribution in [1.29, 1.82) is 0 Å². The zero-order valence-corrected chi connectivity index (χ0v) is 17.4. The normalized spacial score (nSPS) is 19.6. The van der Waals surface area contributed by atoms with Gasteiger partial charge in [0, 0.05) is 37.7 Å². The third kappa shape index (κ3) is 5.66. The Morgan fingerprint density at radius 1 is 1.07 bits per heavy atom. The molecule has 2 heterocycles. The molecule has 1 aromatic carbocycles. The van der Waals surface area contributed by atoms with E-state index < -0.39 is 10.2 Å². The summed E-state index contributed by atoms with van der Waals surface area (Å²) < 4.78 is 33.2. The molecule has 0 radical (unpaired) electrons. The van der Waals surface area contributed by atoms with Gasteiger partial charge in [-0.2, -0.15) is 8.42 Å². The number of pyridine rings is 1. The van der Waals surface area contributed by atoms with Crippen LogP contribution in [0.15, 0.2) is 42.6 Å². The Kier molecular flexibility index (Phi) is 6.36. The van der Waals surface area contributed by atoms with Crippen LogP contribution in [-0.4, -0.2) is 51.7 Å². The van der Waals surface area contributed by atoms with E-state index in [0.29, 0.717) is 16.9 Å². The van der Waals surface area contributed by atoms with Gasteiger partial charge < -0.3 is 15.0 Å². The van der Waals surface area contributed by atoms with Crippen LogP contribution in [0.2, 0.25) is 0 Å². The number of morpholine rings is 1.